The molecule has 2 N–H and O–H groups in total. The number of carbonyl (C=O) groups excluding carboxylic acids is 1. The van der Waals surface area contributed by atoms with Crippen LogP contribution in [0.3, 0.4) is 0 Å². The van der Waals surface area contributed by atoms with E-state index in [9.17, 15) is 14.9 Å². The monoisotopic (exact) mass is 279 g/mol. The first-order valence-corrected chi connectivity index (χ1v) is 6.32. The fourth-order valence-corrected chi connectivity index (χ4v) is 2.15. The van der Waals surface area contributed by atoms with Crippen molar-refractivity contribution in [1.29, 1.82) is 0 Å². The number of benzene rings is 1. The SMILES string of the molecule is CNc1cc(C(=O)NC2(C)CCOC2)ccc1[N+](=O)[O-]. The zero-order chi connectivity index (χ0) is 14.8. The fraction of sp³-hybridized carbons (Fsp3) is 0.462. The number of nitrogens with zero attached hydrogens (tertiary/aromatic N) is 1. The Hall–Kier alpha value is -2.15. The minimum atomic E-state index is -0.486. The van der Waals surface area contributed by atoms with E-state index in [1.54, 1.807) is 7.05 Å². The van der Waals surface area contributed by atoms with Crippen molar-refractivity contribution in [2.45, 2.75) is 18.9 Å². The molecule has 1 atom stereocenters. The lowest BCUT2D eigenvalue weighted by Crippen LogP contribution is -2.46. The highest BCUT2D eigenvalue weighted by atomic mass is 16.6. The van der Waals surface area contributed by atoms with Gasteiger partial charge < -0.3 is 15.4 Å². The molecule has 1 unspecified atom stereocenters. The van der Waals surface area contributed by atoms with Crippen molar-refractivity contribution in [3.63, 3.8) is 0 Å². The van der Waals surface area contributed by atoms with Gasteiger partial charge in [-0.15, -0.1) is 0 Å². The number of ether oxygens (including phenoxy) is 1. The number of anilines is 1. The van der Waals surface area contributed by atoms with E-state index in [1.165, 1.54) is 18.2 Å². The van der Waals surface area contributed by atoms with E-state index in [2.05, 4.69) is 10.6 Å². The molecule has 0 aliphatic carbocycles. The van der Waals surface area contributed by atoms with E-state index in [-0.39, 0.29) is 17.1 Å². The van der Waals surface area contributed by atoms with E-state index in [1.807, 2.05) is 6.92 Å². The second kappa shape index (κ2) is 5.46. The average molecular weight is 279 g/mol. The molecule has 7 heteroatoms. The zero-order valence-corrected chi connectivity index (χ0v) is 11.4. The molecule has 1 saturated heterocycles. The molecule has 0 bridgehead atoms. The van der Waals surface area contributed by atoms with E-state index in [4.69, 9.17) is 4.74 Å². The first-order chi connectivity index (χ1) is 9.45. The Morgan fingerprint density at radius 3 is 2.80 bits per heavy atom. The predicted octanol–water partition coefficient (Wildman–Crippen LogP) is 1.55. The largest absolute Gasteiger partial charge is 0.383 e. The van der Waals surface area contributed by atoms with Gasteiger partial charge in [-0.2, -0.15) is 0 Å². The van der Waals surface area contributed by atoms with Gasteiger partial charge in [-0.25, -0.2) is 0 Å². The van der Waals surface area contributed by atoms with E-state index < -0.39 is 4.92 Å². The summed E-state index contributed by atoms with van der Waals surface area (Å²) in [7, 11) is 1.58. The third-order valence-corrected chi connectivity index (χ3v) is 3.36. The Labute approximate surface area is 116 Å². The Kier molecular flexibility index (Phi) is 3.89. The molecule has 7 nitrogen and oxygen atoms in total. The highest BCUT2D eigenvalue weighted by Crippen LogP contribution is 2.25. The maximum Gasteiger partial charge on any atom is 0.292 e. The van der Waals surface area contributed by atoms with Crippen LogP contribution in [0.15, 0.2) is 18.2 Å². The molecule has 0 saturated carbocycles. The van der Waals surface area contributed by atoms with E-state index in [0.717, 1.165) is 6.42 Å². The molecule has 0 aromatic heterocycles. The molecular formula is C13H17N3O4. The number of hydrogen-bond acceptors (Lipinski definition) is 5. The third kappa shape index (κ3) is 2.88. The number of rotatable bonds is 4. The lowest BCUT2D eigenvalue weighted by Gasteiger charge is -2.23. The van der Waals surface area contributed by atoms with Crippen molar-refractivity contribution < 1.29 is 14.5 Å². The normalized spacial score (nSPS) is 21.5. The molecule has 1 aliphatic heterocycles. The number of nitro groups is 1. The summed E-state index contributed by atoms with van der Waals surface area (Å²) < 4.78 is 5.28. The molecule has 0 spiro atoms. The van der Waals surface area contributed by atoms with Crippen molar-refractivity contribution in [1.82, 2.24) is 5.32 Å². The number of amides is 1. The second-order valence-corrected chi connectivity index (χ2v) is 5.06. The lowest BCUT2D eigenvalue weighted by atomic mass is 10.0. The van der Waals surface area contributed by atoms with Crippen LogP contribution in [0.4, 0.5) is 11.4 Å². The average Bonchev–Trinajstić information content (AvgIpc) is 2.84. The Morgan fingerprint density at radius 2 is 2.25 bits per heavy atom. The first-order valence-electron chi connectivity index (χ1n) is 6.32. The molecule has 2 rings (SSSR count). The summed E-state index contributed by atoms with van der Waals surface area (Å²) in [6, 6.07) is 4.26. The molecule has 1 amide bonds. The van der Waals surface area contributed by atoms with Crippen LogP contribution in [-0.4, -0.2) is 36.6 Å². The van der Waals surface area contributed by atoms with Gasteiger partial charge in [0.2, 0.25) is 0 Å². The summed E-state index contributed by atoms with van der Waals surface area (Å²) in [5, 5.41) is 16.5. The lowest BCUT2D eigenvalue weighted by molar-refractivity contribution is -0.383. The highest BCUT2D eigenvalue weighted by molar-refractivity contribution is 5.96. The molecule has 1 aliphatic rings. The molecular weight excluding hydrogens is 262 g/mol. The number of nitro benzene ring substituents is 1. The van der Waals surface area contributed by atoms with Crippen LogP contribution in [0.1, 0.15) is 23.7 Å². The van der Waals surface area contributed by atoms with Gasteiger partial charge in [0.25, 0.3) is 11.6 Å². The summed E-state index contributed by atoms with van der Waals surface area (Å²) in [4.78, 5) is 22.5. The quantitative estimate of drug-likeness (QED) is 0.644. The van der Waals surface area contributed by atoms with Crippen molar-refractivity contribution >= 4 is 17.3 Å². The van der Waals surface area contributed by atoms with Gasteiger partial charge in [0.15, 0.2) is 0 Å². The van der Waals surface area contributed by atoms with Gasteiger partial charge in [0.1, 0.15) is 5.69 Å². The Morgan fingerprint density at radius 1 is 1.50 bits per heavy atom. The second-order valence-electron chi connectivity index (χ2n) is 5.06. The number of nitrogens with one attached hydrogen (secondary N) is 2. The van der Waals surface area contributed by atoms with Gasteiger partial charge in [0.05, 0.1) is 17.1 Å². The predicted molar refractivity (Wildman–Crippen MR) is 74.0 cm³/mol. The van der Waals surface area contributed by atoms with Crippen LogP contribution in [0.2, 0.25) is 0 Å². The standard InChI is InChI=1S/C13H17N3O4/c1-13(5-6-20-8-13)15-12(17)9-3-4-11(16(18)19)10(7-9)14-2/h3-4,7,14H,5-6,8H2,1-2H3,(H,15,17). The number of hydrogen-bond donors (Lipinski definition) is 2. The maximum atomic E-state index is 12.2. The van der Waals surface area contributed by atoms with Gasteiger partial charge >= 0.3 is 0 Å². The summed E-state index contributed by atoms with van der Waals surface area (Å²) >= 11 is 0. The zero-order valence-electron chi connectivity index (χ0n) is 11.4. The van der Waals surface area contributed by atoms with Gasteiger partial charge in [-0.3, -0.25) is 14.9 Å². The van der Waals surface area contributed by atoms with Crippen LogP contribution < -0.4 is 10.6 Å². The minimum absolute atomic E-state index is 0.0561. The van der Waals surface area contributed by atoms with Crippen molar-refractivity contribution in [3.05, 3.63) is 33.9 Å². The minimum Gasteiger partial charge on any atom is -0.383 e. The molecule has 0 radical (unpaired) electrons. The third-order valence-electron chi connectivity index (χ3n) is 3.36. The maximum absolute atomic E-state index is 12.2. The number of carbonyl (C=O) groups is 1. The Balaban J connectivity index is 2.20. The topological polar surface area (TPSA) is 93.5 Å². The van der Waals surface area contributed by atoms with Crippen LogP contribution in [0, 0.1) is 10.1 Å². The van der Waals surface area contributed by atoms with Crippen molar-refractivity contribution in [2.24, 2.45) is 0 Å². The summed E-state index contributed by atoms with van der Waals surface area (Å²) in [6.45, 7) is 3.02. The van der Waals surface area contributed by atoms with E-state index in [0.29, 0.717) is 24.5 Å². The first kappa shape index (κ1) is 14.3. The highest BCUT2D eigenvalue weighted by Gasteiger charge is 2.31. The van der Waals surface area contributed by atoms with Gasteiger partial charge in [0, 0.05) is 25.3 Å². The van der Waals surface area contributed by atoms with Crippen LogP contribution >= 0.6 is 0 Å². The smallest absolute Gasteiger partial charge is 0.292 e. The Bertz CT molecular complexity index is 538. The van der Waals surface area contributed by atoms with E-state index >= 15 is 0 Å². The van der Waals surface area contributed by atoms with Crippen molar-refractivity contribution in [3.8, 4) is 0 Å². The summed E-state index contributed by atoms with van der Waals surface area (Å²) in [5.41, 5.74) is 0.265. The molecule has 20 heavy (non-hydrogen) atoms. The van der Waals surface area contributed by atoms with Gasteiger partial charge in [-0.1, -0.05) is 0 Å². The molecule has 1 aromatic rings. The van der Waals surface area contributed by atoms with Crippen LogP contribution in [0.5, 0.6) is 0 Å². The fourth-order valence-electron chi connectivity index (χ4n) is 2.15. The summed E-state index contributed by atoms with van der Waals surface area (Å²) in [5.74, 6) is -0.260. The summed E-state index contributed by atoms with van der Waals surface area (Å²) in [6.07, 6.45) is 0.755. The molecule has 1 heterocycles. The van der Waals surface area contributed by atoms with Crippen LogP contribution in [-0.2, 0) is 4.74 Å². The molecule has 1 fully saturated rings. The molecule has 1 aromatic carbocycles. The van der Waals surface area contributed by atoms with Crippen LogP contribution in [0.25, 0.3) is 0 Å². The van der Waals surface area contributed by atoms with Crippen molar-refractivity contribution in [2.75, 3.05) is 25.6 Å². The van der Waals surface area contributed by atoms with Gasteiger partial charge in [-0.05, 0) is 25.5 Å². The molecule has 108 valence electrons.